The van der Waals surface area contributed by atoms with Crippen LogP contribution >= 0.6 is 22.9 Å². The zero-order valence-corrected chi connectivity index (χ0v) is 16.8. The monoisotopic (exact) mass is 395 g/mol. The van der Waals surface area contributed by atoms with Crippen LogP contribution in [0.3, 0.4) is 0 Å². The fourth-order valence-electron chi connectivity index (χ4n) is 2.45. The molecule has 0 saturated heterocycles. The fraction of sp³-hybridized carbons (Fsp3) is 0.368. The third kappa shape index (κ3) is 4.77. The van der Waals surface area contributed by atoms with E-state index in [1.807, 2.05) is 20.8 Å². The van der Waals surface area contributed by atoms with Crippen LogP contribution in [-0.4, -0.2) is 25.1 Å². The van der Waals surface area contributed by atoms with Crippen LogP contribution in [0.15, 0.2) is 18.2 Å². The number of thiophene rings is 1. The molecular weight excluding hydrogens is 374 g/mol. The second kappa shape index (κ2) is 9.05. The van der Waals surface area contributed by atoms with Gasteiger partial charge in [0.2, 0.25) is 0 Å². The van der Waals surface area contributed by atoms with Gasteiger partial charge in [0.15, 0.2) is 6.61 Å². The minimum Gasteiger partial charge on any atom is -0.484 e. The van der Waals surface area contributed by atoms with E-state index in [4.69, 9.17) is 21.1 Å². The molecule has 2 rings (SSSR count). The summed E-state index contributed by atoms with van der Waals surface area (Å²) in [7, 11) is 0. The second-order valence-corrected chi connectivity index (χ2v) is 7.19. The Morgan fingerprint density at radius 1 is 1.23 bits per heavy atom. The lowest BCUT2D eigenvalue weighted by Gasteiger charge is -2.09. The summed E-state index contributed by atoms with van der Waals surface area (Å²) in [5.41, 5.74) is 2.14. The summed E-state index contributed by atoms with van der Waals surface area (Å²) in [6, 6.07) is 5.19. The van der Waals surface area contributed by atoms with Gasteiger partial charge in [0.1, 0.15) is 10.8 Å². The van der Waals surface area contributed by atoms with Crippen LogP contribution in [-0.2, 0) is 16.0 Å². The molecule has 1 heterocycles. The largest absolute Gasteiger partial charge is 0.484 e. The Morgan fingerprint density at radius 2 is 1.96 bits per heavy atom. The summed E-state index contributed by atoms with van der Waals surface area (Å²) >= 11 is 7.37. The molecule has 26 heavy (non-hydrogen) atoms. The van der Waals surface area contributed by atoms with Crippen LogP contribution < -0.4 is 10.1 Å². The zero-order valence-electron chi connectivity index (χ0n) is 15.3. The molecule has 0 aliphatic carbocycles. The quantitative estimate of drug-likeness (QED) is 0.685. The summed E-state index contributed by atoms with van der Waals surface area (Å²) < 4.78 is 10.6. The highest BCUT2D eigenvalue weighted by atomic mass is 35.5. The molecule has 1 amide bonds. The van der Waals surface area contributed by atoms with Gasteiger partial charge in [-0.2, -0.15) is 0 Å². The van der Waals surface area contributed by atoms with Gasteiger partial charge >= 0.3 is 5.97 Å². The van der Waals surface area contributed by atoms with Gasteiger partial charge in [-0.1, -0.05) is 18.5 Å². The van der Waals surface area contributed by atoms with E-state index in [0.717, 1.165) is 22.4 Å². The predicted molar refractivity (Wildman–Crippen MR) is 105 cm³/mol. The Kier molecular flexibility index (Phi) is 7.06. The van der Waals surface area contributed by atoms with Crippen LogP contribution in [0, 0.1) is 13.8 Å². The second-order valence-electron chi connectivity index (χ2n) is 5.68. The summed E-state index contributed by atoms with van der Waals surface area (Å²) in [6.45, 7) is 7.60. The van der Waals surface area contributed by atoms with Gasteiger partial charge in [-0.15, -0.1) is 11.3 Å². The molecule has 0 spiro atoms. The lowest BCUT2D eigenvalue weighted by Crippen LogP contribution is -2.21. The predicted octanol–water partition coefficient (Wildman–Crippen LogP) is 4.77. The molecule has 0 atom stereocenters. The van der Waals surface area contributed by atoms with Gasteiger partial charge in [-0.05, 0) is 56.5 Å². The summed E-state index contributed by atoms with van der Waals surface area (Å²) in [6.07, 6.45) is 0.777. The molecule has 140 valence electrons. The highest BCUT2D eigenvalue weighted by Crippen LogP contribution is 2.34. The van der Waals surface area contributed by atoms with Crippen molar-refractivity contribution < 1.29 is 19.1 Å². The van der Waals surface area contributed by atoms with Crippen molar-refractivity contribution in [2.75, 3.05) is 18.5 Å². The summed E-state index contributed by atoms with van der Waals surface area (Å²) in [5.74, 6) is -0.207. The number of rotatable bonds is 7. The van der Waals surface area contributed by atoms with Gasteiger partial charge in [0.05, 0.1) is 12.2 Å². The van der Waals surface area contributed by atoms with E-state index >= 15 is 0 Å². The number of halogens is 1. The highest BCUT2D eigenvalue weighted by Gasteiger charge is 2.23. The number of anilines is 1. The number of aryl methyl sites for hydroxylation is 2. The smallest absolute Gasteiger partial charge is 0.341 e. The Balaban J connectivity index is 2.10. The average molecular weight is 396 g/mol. The van der Waals surface area contributed by atoms with Crippen LogP contribution in [0.25, 0.3) is 0 Å². The van der Waals surface area contributed by atoms with Crippen LogP contribution in [0.4, 0.5) is 5.00 Å². The number of ether oxygens (including phenoxy) is 2. The standard InChI is InChI=1S/C19H22ClNO4S/c1-5-15-12(4)17(19(23)24-6-2)18(26-15)21-16(22)10-25-13-7-8-14(20)11(3)9-13/h7-9H,5-6,10H2,1-4H3,(H,21,22). The van der Waals surface area contributed by atoms with Crippen molar-refractivity contribution in [1.82, 2.24) is 0 Å². The summed E-state index contributed by atoms with van der Waals surface area (Å²) in [5, 5.41) is 3.91. The highest BCUT2D eigenvalue weighted by molar-refractivity contribution is 7.17. The van der Waals surface area contributed by atoms with Crippen molar-refractivity contribution in [2.45, 2.75) is 34.1 Å². The maximum atomic E-state index is 12.3. The normalized spacial score (nSPS) is 10.5. The SMILES string of the molecule is CCOC(=O)c1c(NC(=O)COc2ccc(Cl)c(C)c2)sc(CC)c1C. The van der Waals surface area contributed by atoms with E-state index in [0.29, 0.717) is 21.3 Å². The van der Waals surface area contributed by atoms with Gasteiger partial charge in [0.25, 0.3) is 5.91 Å². The first-order valence-electron chi connectivity index (χ1n) is 8.35. The molecule has 0 fully saturated rings. The number of nitrogens with one attached hydrogen (secondary N) is 1. The number of carbonyl (C=O) groups excluding carboxylic acids is 2. The van der Waals surface area contributed by atoms with Crippen molar-refractivity contribution in [3.8, 4) is 5.75 Å². The van der Waals surface area contributed by atoms with E-state index < -0.39 is 5.97 Å². The minimum atomic E-state index is -0.425. The van der Waals surface area contributed by atoms with E-state index in [1.165, 1.54) is 11.3 Å². The molecule has 0 radical (unpaired) electrons. The van der Waals surface area contributed by atoms with Crippen molar-refractivity contribution in [3.05, 3.63) is 44.8 Å². The molecule has 0 unspecified atom stereocenters. The van der Waals surface area contributed by atoms with Crippen molar-refractivity contribution in [1.29, 1.82) is 0 Å². The van der Waals surface area contributed by atoms with Crippen LogP contribution in [0.5, 0.6) is 5.75 Å². The van der Waals surface area contributed by atoms with Crippen molar-refractivity contribution in [2.24, 2.45) is 0 Å². The Hall–Kier alpha value is -2.05. The number of hydrogen-bond donors (Lipinski definition) is 1. The van der Waals surface area contributed by atoms with Crippen LogP contribution in [0.1, 0.15) is 40.2 Å². The van der Waals surface area contributed by atoms with Gasteiger partial charge in [-0.25, -0.2) is 4.79 Å². The Bertz CT molecular complexity index is 816. The maximum Gasteiger partial charge on any atom is 0.341 e. The number of hydrogen-bond acceptors (Lipinski definition) is 5. The van der Waals surface area contributed by atoms with Gasteiger partial charge in [0, 0.05) is 9.90 Å². The van der Waals surface area contributed by atoms with Crippen molar-refractivity contribution in [3.63, 3.8) is 0 Å². The average Bonchev–Trinajstić information content (AvgIpc) is 2.91. The molecular formula is C19H22ClNO4S. The Morgan fingerprint density at radius 3 is 2.58 bits per heavy atom. The lowest BCUT2D eigenvalue weighted by molar-refractivity contribution is -0.118. The molecule has 1 N–H and O–H groups in total. The maximum absolute atomic E-state index is 12.3. The fourth-order valence-corrected chi connectivity index (χ4v) is 3.72. The molecule has 1 aromatic carbocycles. The van der Waals surface area contributed by atoms with E-state index in [-0.39, 0.29) is 19.1 Å². The minimum absolute atomic E-state index is 0.165. The van der Waals surface area contributed by atoms with Gasteiger partial charge in [-0.3, -0.25) is 4.79 Å². The first-order chi connectivity index (χ1) is 12.4. The van der Waals surface area contributed by atoms with Gasteiger partial charge < -0.3 is 14.8 Å². The number of benzene rings is 1. The molecule has 2 aromatic rings. The first-order valence-corrected chi connectivity index (χ1v) is 9.54. The third-order valence-electron chi connectivity index (χ3n) is 3.80. The molecule has 0 aliphatic rings. The molecule has 0 aliphatic heterocycles. The van der Waals surface area contributed by atoms with Crippen LogP contribution in [0.2, 0.25) is 5.02 Å². The van der Waals surface area contributed by atoms with E-state index in [9.17, 15) is 9.59 Å². The molecule has 1 aromatic heterocycles. The molecule has 5 nitrogen and oxygen atoms in total. The molecule has 7 heteroatoms. The first kappa shape index (κ1) is 20.3. The Labute approximate surface area is 162 Å². The van der Waals surface area contributed by atoms with E-state index in [2.05, 4.69) is 5.32 Å². The number of carbonyl (C=O) groups is 2. The lowest BCUT2D eigenvalue weighted by atomic mass is 10.1. The third-order valence-corrected chi connectivity index (χ3v) is 5.57. The van der Waals surface area contributed by atoms with E-state index in [1.54, 1.807) is 25.1 Å². The number of esters is 1. The van der Waals surface area contributed by atoms with Crippen molar-refractivity contribution >= 4 is 39.8 Å². The topological polar surface area (TPSA) is 64.6 Å². The zero-order chi connectivity index (χ0) is 19.3. The summed E-state index contributed by atoms with van der Waals surface area (Å²) in [4.78, 5) is 25.5. The molecule has 0 bridgehead atoms. The number of amides is 1. The molecule has 0 saturated carbocycles.